The third kappa shape index (κ3) is 3.63. The van der Waals surface area contributed by atoms with Gasteiger partial charge in [0.1, 0.15) is 29.1 Å². The molecule has 0 spiro atoms. The normalized spacial score (nSPS) is 15.5. The van der Waals surface area contributed by atoms with Gasteiger partial charge >= 0.3 is 0 Å². The molecule has 118 valence electrons. The number of benzene rings is 1. The predicted molar refractivity (Wildman–Crippen MR) is 85.4 cm³/mol. The van der Waals surface area contributed by atoms with Crippen LogP contribution in [0.1, 0.15) is 24.9 Å². The molecule has 2 aromatic rings. The maximum absolute atomic E-state index is 5.95. The van der Waals surface area contributed by atoms with E-state index in [2.05, 4.69) is 24.0 Å². The van der Waals surface area contributed by atoms with Gasteiger partial charge in [0.25, 0.3) is 0 Å². The van der Waals surface area contributed by atoms with Gasteiger partial charge in [-0.05, 0) is 30.7 Å². The molecule has 1 fully saturated rings. The number of aryl methyl sites for hydroxylation is 1. The zero-order valence-corrected chi connectivity index (χ0v) is 13.2. The highest BCUT2D eigenvalue weighted by Crippen LogP contribution is 2.24. The molecule has 1 aromatic carbocycles. The summed E-state index contributed by atoms with van der Waals surface area (Å²) < 4.78 is 17.0. The minimum absolute atomic E-state index is 0.247. The first-order chi connectivity index (χ1) is 10.8. The van der Waals surface area contributed by atoms with Gasteiger partial charge in [0.2, 0.25) is 0 Å². The molecule has 0 aliphatic carbocycles. The fourth-order valence-corrected chi connectivity index (χ4v) is 2.70. The van der Waals surface area contributed by atoms with E-state index in [9.17, 15) is 0 Å². The van der Waals surface area contributed by atoms with Crippen molar-refractivity contribution in [1.82, 2.24) is 4.90 Å². The molecule has 2 heterocycles. The fraction of sp³-hybridized carbons (Fsp3) is 0.444. The summed E-state index contributed by atoms with van der Waals surface area (Å²) in [6.07, 6.45) is 2.38. The molecule has 4 nitrogen and oxygen atoms in total. The van der Waals surface area contributed by atoms with E-state index in [0.717, 1.165) is 55.5 Å². The molecule has 0 saturated carbocycles. The van der Waals surface area contributed by atoms with Gasteiger partial charge < -0.3 is 13.9 Å². The quantitative estimate of drug-likeness (QED) is 0.784. The molecule has 0 bridgehead atoms. The number of furan rings is 1. The molecule has 0 unspecified atom stereocenters. The topological polar surface area (TPSA) is 34.8 Å². The minimum atomic E-state index is 0.247. The van der Waals surface area contributed by atoms with Crippen molar-refractivity contribution >= 4 is 0 Å². The van der Waals surface area contributed by atoms with Crippen LogP contribution in [-0.4, -0.2) is 31.2 Å². The number of likely N-dealkylation sites (tertiary alicyclic amines) is 1. The Bertz CT molecular complexity index is 602. The monoisotopic (exact) mass is 301 g/mol. The minimum Gasteiger partial charge on any atom is -0.497 e. The lowest BCUT2D eigenvalue weighted by molar-refractivity contribution is 0.0104. The van der Waals surface area contributed by atoms with Crippen molar-refractivity contribution in [3.05, 3.63) is 47.9 Å². The van der Waals surface area contributed by atoms with Gasteiger partial charge in [0.15, 0.2) is 0 Å². The zero-order chi connectivity index (χ0) is 15.4. The van der Waals surface area contributed by atoms with Gasteiger partial charge in [-0.2, -0.15) is 0 Å². The summed E-state index contributed by atoms with van der Waals surface area (Å²) in [5.41, 5.74) is 0. The molecular weight excluding hydrogens is 278 g/mol. The number of ether oxygens (including phenoxy) is 2. The fourth-order valence-electron chi connectivity index (χ4n) is 2.70. The van der Waals surface area contributed by atoms with E-state index in [1.807, 2.05) is 24.3 Å². The molecule has 1 aliphatic rings. The van der Waals surface area contributed by atoms with Crippen LogP contribution in [0.4, 0.5) is 0 Å². The lowest BCUT2D eigenvalue weighted by atomic mass is 10.1. The van der Waals surface area contributed by atoms with Gasteiger partial charge in [0, 0.05) is 25.6 Å². The summed E-state index contributed by atoms with van der Waals surface area (Å²) in [7, 11) is 1.67. The molecule has 0 N–H and O–H groups in total. The molecular formula is C18H23NO3. The van der Waals surface area contributed by atoms with Gasteiger partial charge in [0.05, 0.1) is 13.7 Å². The molecule has 1 aliphatic heterocycles. The Morgan fingerprint density at radius 2 is 1.91 bits per heavy atom. The van der Waals surface area contributed by atoms with E-state index in [1.54, 1.807) is 7.11 Å². The van der Waals surface area contributed by atoms with Gasteiger partial charge in [-0.25, -0.2) is 0 Å². The van der Waals surface area contributed by atoms with E-state index in [0.29, 0.717) is 0 Å². The third-order valence-electron chi connectivity index (χ3n) is 3.86. The van der Waals surface area contributed by atoms with Crippen LogP contribution in [0.15, 0.2) is 40.8 Å². The lowest BCUT2D eigenvalue weighted by Crippen LogP contribution is -2.52. The SMILES string of the molecule is CCCc1ccc(CN2CC(Oc3cccc(OC)c3)C2)o1. The first-order valence-electron chi connectivity index (χ1n) is 7.87. The summed E-state index contributed by atoms with van der Waals surface area (Å²) in [5.74, 6) is 3.82. The third-order valence-corrected chi connectivity index (χ3v) is 3.86. The van der Waals surface area contributed by atoms with E-state index < -0.39 is 0 Å². The number of hydrogen-bond donors (Lipinski definition) is 0. The van der Waals surface area contributed by atoms with Crippen molar-refractivity contribution in [2.45, 2.75) is 32.4 Å². The Kier molecular flexibility index (Phi) is 4.68. The predicted octanol–water partition coefficient (Wildman–Crippen LogP) is 3.50. The van der Waals surface area contributed by atoms with Crippen LogP contribution in [-0.2, 0) is 13.0 Å². The largest absolute Gasteiger partial charge is 0.497 e. The van der Waals surface area contributed by atoms with Crippen LogP contribution in [0.3, 0.4) is 0 Å². The molecule has 0 atom stereocenters. The Morgan fingerprint density at radius 1 is 1.14 bits per heavy atom. The van der Waals surface area contributed by atoms with Crippen molar-refractivity contribution in [2.75, 3.05) is 20.2 Å². The van der Waals surface area contributed by atoms with E-state index >= 15 is 0 Å². The Morgan fingerprint density at radius 3 is 2.68 bits per heavy atom. The molecule has 22 heavy (non-hydrogen) atoms. The number of rotatable bonds is 7. The van der Waals surface area contributed by atoms with Gasteiger partial charge in [-0.1, -0.05) is 13.0 Å². The van der Waals surface area contributed by atoms with Crippen LogP contribution in [0.25, 0.3) is 0 Å². The second-order valence-corrected chi connectivity index (χ2v) is 5.73. The molecule has 1 aromatic heterocycles. The highest BCUT2D eigenvalue weighted by molar-refractivity contribution is 5.33. The maximum atomic E-state index is 5.95. The first-order valence-corrected chi connectivity index (χ1v) is 7.87. The van der Waals surface area contributed by atoms with Gasteiger partial charge in [-0.3, -0.25) is 4.90 Å². The average Bonchev–Trinajstić information content (AvgIpc) is 2.93. The van der Waals surface area contributed by atoms with Crippen molar-refractivity contribution in [3.8, 4) is 11.5 Å². The Labute approximate surface area is 131 Å². The molecule has 4 heteroatoms. The molecule has 3 rings (SSSR count). The summed E-state index contributed by atoms with van der Waals surface area (Å²) in [5, 5.41) is 0. The van der Waals surface area contributed by atoms with Crippen molar-refractivity contribution in [3.63, 3.8) is 0 Å². The number of nitrogens with zero attached hydrogens (tertiary/aromatic N) is 1. The zero-order valence-electron chi connectivity index (χ0n) is 13.2. The van der Waals surface area contributed by atoms with E-state index in [1.165, 1.54) is 0 Å². The maximum Gasteiger partial charge on any atom is 0.124 e. The first kappa shape index (κ1) is 15.0. The number of methoxy groups -OCH3 is 1. The summed E-state index contributed by atoms with van der Waals surface area (Å²) in [6.45, 7) is 4.89. The second-order valence-electron chi connectivity index (χ2n) is 5.73. The van der Waals surface area contributed by atoms with Crippen LogP contribution in [0, 0.1) is 0 Å². The Balaban J connectivity index is 1.45. The molecule has 1 saturated heterocycles. The smallest absolute Gasteiger partial charge is 0.124 e. The van der Waals surface area contributed by atoms with Crippen LogP contribution in [0.2, 0.25) is 0 Å². The van der Waals surface area contributed by atoms with Crippen molar-refractivity contribution in [1.29, 1.82) is 0 Å². The van der Waals surface area contributed by atoms with Crippen LogP contribution < -0.4 is 9.47 Å². The highest BCUT2D eigenvalue weighted by atomic mass is 16.5. The standard InChI is InChI=1S/C18H23NO3/c1-3-5-14-8-9-17(21-14)11-19-12-18(13-19)22-16-7-4-6-15(10-16)20-2/h4,6-10,18H,3,5,11-13H2,1-2H3. The number of hydrogen-bond acceptors (Lipinski definition) is 4. The summed E-state index contributed by atoms with van der Waals surface area (Å²) in [4.78, 5) is 2.33. The van der Waals surface area contributed by atoms with Gasteiger partial charge in [-0.15, -0.1) is 0 Å². The average molecular weight is 301 g/mol. The molecule has 0 radical (unpaired) electrons. The lowest BCUT2D eigenvalue weighted by Gasteiger charge is -2.38. The highest BCUT2D eigenvalue weighted by Gasteiger charge is 2.29. The van der Waals surface area contributed by atoms with E-state index in [-0.39, 0.29) is 6.10 Å². The van der Waals surface area contributed by atoms with Crippen molar-refractivity contribution in [2.24, 2.45) is 0 Å². The second kappa shape index (κ2) is 6.88. The summed E-state index contributed by atoms with van der Waals surface area (Å²) in [6, 6.07) is 11.9. The Hall–Kier alpha value is -1.94. The van der Waals surface area contributed by atoms with Crippen LogP contribution >= 0.6 is 0 Å². The summed E-state index contributed by atoms with van der Waals surface area (Å²) >= 11 is 0. The van der Waals surface area contributed by atoms with Crippen LogP contribution in [0.5, 0.6) is 11.5 Å². The van der Waals surface area contributed by atoms with E-state index in [4.69, 9.17) is 13.9 Å². The molecule has 0 amide bonds. The van der Waals surface area contributed by atoms with Crippen molar-refractivity contribution < 1.29 is 13.9 Å².